The third-order valence-corrected chi connectivity index (χ3v) is 10.4. The standard InChI is InChI=1S/C31H45NO19/c32-11-3-1-10(2-4-11)5-31(27(41)18(37)16(35)13(7-34)50-31)51-23-15-9-44-26(23)21(40)30(47-15)49-24-17(36)12(6-33)46-29(20(24)39)48-22-14-8-43-25(22)19(38)28(42)45-14/h1-4,12-30,33-42H,5-9,32H2/t12-,13-,14+,15+,16+,17-,18+,19+,20-,21+,22+,23+,24+,25+,26+,27-,28-,29+,30+,31+/m1/s1. The second kappa shape index (κ2) is 14.8. The van der Waals surface area contributed by atoms with E-state index in [-0.39, 0.29) is 19.6 Å². The maximum Gasteiger partial charge on any atom is 0.202 e. The normalized spacial score (nSPS) is 51.1. The van der Waals surface area contributed by atoms with Gasteiger partial charge in [-0.2, -0.15) is 0 Å². The van der Waals surface area contributed by atoms with E-state index in [4.69, 9.17) is 48.4 Å². The Morgan fingerprint density at radius 2 is 1.25 bits per heavy atom. The van der Waals surface area contributed by atoms with Gasteiger partial charge in [0.25, 0.3) is 0 Å². The quantitative estimate of drug-likeness (QED) is 0.0996. The fourth-order valence-corrected chi connectivity index (χ4v) is 7.56. The van der Waals surface area contributed by atoms with Crippen LogP contribution in [0.1, 0.15) is 5.56 Å². The summed E-state index contributed by atoms with van der Waals surface area (Å²) in [6, 6.07) is 6.46. The summed E-state index contributed by atoms with van der Waals surface area (Å²) in [6.07, 6.45) is -27.3. The van der Waals surface area contributed by atoms with Gasteiger partial charge in [-0.05, 0) is 17.7 Å². The summed E-state index contributed by atoms with van der Waals surface area (Å²) in [4.78, 5) is 0. The van der Waals surface area contributed by atoms with Crippen molar-refractivity contribution in [3.05, 3.63) is 29.8 Å². The molecule has 4 bridgehead atoms. The summed E-state index contributed by atoms with van der Waals surface area (Å²) in [7, 11) is 0. The van der Waals surface area contributed by atoms with Gasteiger partial charge < -0.3 is 99.4 Å². The number of ether oxygens (including phenoxy) is 9. The minimum absolute atomic E-state index is 0.0318. The summed E-state index contributed by atoms with van der Waals surface area (Å²) in [5.74, 6) is -2.10. The molecule has 1 aromatic carbocycles. The lowest BCUT2D eigenvalue weighted by Crippen LogP contribution is -2.69. The highest BCUT2D eigenvalue weighted by atomic mass is 16.8. The fourth-order valence-electron chi connectivity index (χ4n) is 7.56. The van der Waals surface area contributed by atoms with E-state index in [1.807, 2.05) is 0 Å². The number of hydrogen-bond donors (Lipinski definition) is 11. The summed E-state index contributed by atoms with van der Waals surface area (Å²) in [6.45, 7) is -1.65. The van der Waals surface area contributed by atoms with Crippen molar-refractivity contribution in [3.8, 4) is 0 Å². The van der Waals surface area contributed by atoms with Crippen LogP contribution in [0.25, 0.3) is 0 Å². The second-order valence-corrected chi connectivity index (χ2v) is 13.7. The number of aliphatic hydroxyl groups excluding tert-OH is 10. The molecule has 1 aromatic rings. The van der Waals surface area contributed by atoms with Gasteiger partial charge >= 0.3 is 0 Å². The van der Waals surface area contributed by atoms with E-state index in [0.29, 0.717) is 11.3 Å². The number of anilines is 1. The number of hydrogen-bond acceptors (Lipinski definition) is 20. The predicted molar refractivity (Wildman–Crippen MR) is 161 cm³/mol. The van der Waals surface area contributed by atoms with Gasteiger partial charge in [-0.15, -0.1) is 0 Å². The van der Waals surface area contributed by atoms with Crippen molar-refractivity contribution in [1.29, 1.82) is 0 Å². The molecule has 0 aromatic heterocycles. The van der Waals surface area contributed by atoms with Gasteiger partial charge in [0.15, 0.2) is 18.9 Å². The van der Waals surface area contributed by atoms with E-state index in [0.717, 1.165) is 0 Å². The SMILES string of the molecule is Nc1ccc(C[C@@]2(O[C@@H]3[C@H]4OC[C@@H]3O[C@@H](O[C@@H]3[C@@H](O)[C@H](O[C@@H]5[C@H]6OC[C@@H]5O[C@@H](O)[C@H]6O)O[C@H](CO)[C@H]3O)[C@H]4O)O[C@H](CO)[C@H](O)[C@H](O)[C@H]2O)cc1. The number of rotatable bonds is 10. The first kappa shape index (κ1) is 37.6. The van der Waals surface area contributed by atoms with Gasteiger partial charge in [-0.3, -0.25) is 0 Å². The number of nitrogens with two attached hydrogens (primary N) is 1. The molecule has 0 radical (unpaired) electrons. The van der Waals surface area contributed by atoms with Gasteiger partial charge in [0.1, 0.15) is 97.7 Å². The van der Waals surface area contributed by atoms with Crippen LogP contribution in [0, 0.1) is 0 Å². The monoisotopic (exact) mass is 735 g/mol. The predicted octanol–water partition coefficient (Wildman–Crippen LogP) is -6.46. The van der Waals surface area contributed by atoms with Crippen LogP contribution in [-0.2, 0) is 49.1 Å². The third kappa shape index (κ3) is 6.80. The Kier molecular flexibility index (Phi) is 10.9. The van der Waals surface area contributed by atoms with Gasteiger partial charge in [-0.1, -0.05) is 12.1 Å². The van der Waals surface area contributed by atoms with Crippen molar-refractivity contribution >= 4 is 5.69 Å². The lowest BCUT2D eigenvalue weighted by molar-refractivity contribution is -0.398. The minimum atomic E-state index is -2.10. The third-order valence-electron chi connectivity index (χ3n) is 10.4. The topological polar surface area (TPSA) is 311 Å². The highest BCUT2D eigenvalue weighted by Gasteiger charge is 2.62. The largest absolute Gasteiger partial charge is 0.399 e. The number of aliphatic hydroxyl groups is 10. The zero-order valence-corrected chi connectivity index (χ0v) is 27.0. The van der Waals surface area contributed by atoms with Crippen molar-refractivity contribution in [2.75, 3.05) is 32.2 Å². The molecule has 20 nitrogen and oxygen atoms in total. The van der Waals surface area contributed by atoms with Crippen LogP contribution in [0.4, 0.5) is 5.69 Å². The Bertz CT molecular complexity index is 1330. The maximum atomic E-state index is 11.4. The Balaban J connectivity index is 1.08. The molecule has 6 heterocycles. The lowest BCUT2D eigenvalue weighted by Gasteiger charge is -2.51. The maximum absolute atomic E-state index is 11.4. The zero-order chi connectivity index (χ0) is 36.4. The number of fused-ring (bicyclic) bond motifs is 4. The Labute approximate surface area is 290 Å². The molecule has 12 N–H and O–H groups in total. The second-order valence-electron chi connectivity index (χ2n) is 13.7. The molecule has 51 heavy (non-hydrogen) atoms. The Morgan fingerprint density at radius 1 is 0.647 bits per heavy atom. The molecule has 0 aliphatic carbocycles. The first-order valence-corrected chi connectivity index (χ1v) is 16.7. The highest BCUT2D eigenvalue weighted by molar-refractivity contribution is 5.39. The molecule has 6 saturated heterocycles. The van der Waals surface area contributed by atoms with Crippen molar-refractivity contribution in [1.82, 2.24) is 0 Å². The molecule has 0 amide bonds. The van der Waals surface area contributed by atoms with Crippen LogP contribution < -0.4 is 5.73 Å². The van der Waals surface area contributed by atoms with Crippen LogP contribution in [0.2, 0.25) is 0 Å². The zero-order valence-electron chi connectivity index (χ0n) is 27.0. The Morgan fingerprint density at radius 3 is 1.92 bits per heavy atom. The summed E-state index contributed by atoms with van der Waals surface area (Å²) < 4.78 is 52.4. The Hall–Kier alpha value is -1.74. The van der Waals surface area contributed by atoms with E-state index in [2.05, 4.69) is 0 Å². The van der Waals surface area contributed by atoms with Crippen LogP contribution in [0.5, 0.6) is 0 Å². The molecule has 0 unspecified atom stereocenters. The average Bonchev–Trinajstić information content (AvgIpc) is 3.60. The molecular weight excluding hydrogens is 690 g/mol. The molecule has 6 aliphatic heterocycles. The fraction of sp³-hybridized carbons (Fsp3) is 0.806. The van der Waals surface area contributed by atoms with Crippen LogP contribution in [0.15, 0.2) is 24.3 Å². The first-order valence-electron chi connectivity index (χ1n) is 16.7. The minimum Gasteiger partial charge on any atom is -0.399 e. The summed E-state index contributed by atoms with van der Waals surface area (Å²) in [5, 5.41) is 106. The van der Waals surface area contributed by atoms with E-state index < -0.39 is 136 Å². The smallest absolute Gasteiger partial charge is 0.202 e. The van der Waals surface area contributed by atoms with Gasteiger partial charge in [0.05, 0.1) is 26.4 Å². The van der Waals surface area contributed by atoms with Crippen molar-refractivity contribution < 1.29 is 93.7 Å². The van der Waals surface area contributed by atoms with E-state index >= 15 is 0 Å². The van der Waals surface area contributed by atoms with Crippen LogP contribution >= 0.6 is 0 Å². The van der Waals surface area contributed by atoms with Crippen molar-refractivity contribution in [3.63, 3.8) is 0 Å². The van der Waals surface area contributed by atoms with Gasteiger partial charge in [0.2, 0.25) is 5.79 Å². The number of nitrogen functional groups attached to an aromatic ring is 1. The van der Waals surface area contributed by atoms with Crippen molar-refractivity contribution in [2.45, 2.75) is 129 Å². The van der Waals surface area contributed by atoms with Gasteiger partial charge in [-0.25, -0.2) is 0 Å². The molecule has 6 fully saturated rings. The molecule has 20 atom stereocenters. The summed E-state index contributed by atoms with van der Waals surface area (Å²) in [5.41, 5.74) is 6.82. The molecule has 6 aliphatic rings. The molecule has 7 rings (SSSR count). The number of benzene rings is 1. The van der Waals surface area contributed by atoms with E-state index in [1.54, 1.807) is 24.3 Å². The van der Waals surface area contributed by atoms with Crippen molar-refractivity contribution in [2.24, 2.45) is 0 Å². The molecule has 0 spiro atoms. The van der Waals surface area contributed by atoms with E-state index in [9.17, 15) is 51.1 Å². The highest BCUT2D eigenvalue weighted by Crippen LogP contribution is 2.42. The van der Waals surface area contributed by atoms with Crippen LogP contribution in [-0.4, -0.2) is 200 Å². The van der Waals surface area contributed by atoms with Crippen LogP contribution in [0.3, 0.4) is 0 Å². The molecule has 20 heteroatoms. The lowest BCUT2D eigenvalue weighted by atomic mass is 9.87. The molecule has 288 valence electrons. The average molecular weight is 736 g/mol. The molecular formula is C31H45NO19. The first-order chi connectivity index (χ1) is 24.3. The van der Waals surface area contributed by atoms with E-state index in [1.165, 1.54) is 0 Å². The summed E-state index contributed by atoms with van der Waals surface area (Å²) >= 11 is 0. The van der Waals surface area contributed by atoms with Gasteiger partial charge in [0, 0.05) is 12.1 Å². The molecule has 0 saturated carbocycles.